The molecule has 1 atom stereocenters. The van der Waals surface area contributed by atoms with E-state index in [1.54, 1.807) is 18.6 Å². The number of aliphatic hydroxyl groups is 1. The molecule has 0 amide bonds. The van der Waals surface area contributed by atoms with Crippen LogP contribution in [0.4, 0.5) is 5.82 Å². The van der Waals surface area contributed by atoms with Crippen molar-refractivity contribution < 1.29 is 5.11 Å². The smallest absolute Gasteiger partial charge is 0.144 e. The summed E-state index contributed by atoms with van der Waals surface area (Å²) in [4.78, 5) is 8.02. The molecule has 15 heavy (non-hydrogen) atoms. The molecule has 4 nitrogen and oxygen atoms in total. The van der Waals surface area contributed by atoms with E-state index in [1.807, 2.05) is 0 Å². The molecular weight excluding hydrogens is 190 g/mol. The van der Waals surface area contributed by atoms with Gasteiger partial charge < -0.3 is 10.4 Å². The molecule has 0 aromatic carbocycles. The summed E-state index contributed by atoms with van der Waals surface area (Å²) in [5.41, 5.74) is 0. The number of nitrogens with zero attached hydrogens (tertiary/aromatic N) is 2. The lowest BCUT2D eigenvalue weighted by Crippen LogP contribution is -2.27. The first kappa shape index (κ1) is 11.9. The first-order valence-electron chi connectivity index (χ1n) is 5.45. The van der Waals surface area contributed by atoms with Gasteiger partial charge in [0.05, 0.1) is 12.3 Å². The Balaban J connectivity index is 2.36. The summed E-state index contributed by atoms with van der Waals surface area (Å²) >= 11 is 0. The summed E-state index contributed by atoms with van der Waals surface area (Å²) < 4.78 is 0. The summed E-state index contributed by atoms with van der Waals surface area (Å²) in [7, 11) is 0. The lowest BCUT2D eigenvalue weighted by Gasteiger charge is -2.20. The second-order valence-electron chi connectivity index (χ2n) is 3.62. The molecule has 0 saturated heterocycles. The zero-order valence-electron chi connectivity index (χ0n) is 9.35. The van der Waals surface area contributed by atoms with Gasteiger partial charge in [0, 0.05) is 18.9 Å². The van der Waals surface area contributed by atoms with Gasteiger partial charge in [-0.25, -0.2) is 4.98 Å². The normalized spacial score (nSPS) is 12.8. The van der Waals surface area contributed by atoms with E-state index in [2.05, 4.69) is 29.1 Å². The highest BCUT2D eigenvalue weighted by Crippen LogP contribution is 2.13. The number of aliphatic hydroxyl groups excluding tert-OH is 1. The number of aromatic nitrogens is 2. The summed E-state index contributed by atoms with van der Waals surface area (Å²) in [6.07, 6.45) is 6.59. The van der Waals surface area contributed by atoms with Crippen LogP contribution in [-0.2, 0) is 0 Å². The third kappa shape index (κ3) is 3.83. The van der Waals surface area contributed by atoms with Crippen LogP contribution in [0.2, 0.25) is 0 Å². The molecule has 1 aromatic heterocycles. The van der Waals surface area contributed by atoms with Crippen molar-refractivity contribution in [2.75, 3.05) is 11.9 Å². The second-order valence-corrected chi connectivity index (χ2v) is 3.62. The van der Waals surface area contributed by atoms with Crippen molar-refractivity contribution in [3.63, 3.8) is 0 Å². The predicted molar refractivity (Wildman–Crippen MR) is 60.6 cm³/mol. The van der Waals surface area contributed by atoms with Gasteiger partial charge in [-0.1, -0.05) is 26.7 Å². The average Bonchev–Trinajstić information content (AvgIpc) is 2.29. The van der Waals surface area contributed by atoms with Crippen molar-refractivity contribution in [1.82, 2.24) is 9.97 Å². The molecule has 0 aliphatic carbocycles. The third-order valence-electron chi connectivity index (χ3n) is 2.65. The Hall–Kier alpha value is -1.16. The molecule has 0 aliphatic heterocycles. The topological polar surface area (TPSA) is 58.0 Å². The van der Waals surface area contributed by atoms with Gasteiger partial charge in [-0.2, -0.15) is 0 Å². The molecule has 0 fully saturated rings. The lowest BCUT2D eigenvalue weighted by molar-refractivity contribution is 0.114. The van der Waals surface area contributed by atoms with Crippen LogP contribution in [0.3, 0.4) is 0 Å². The van der Waals surface area contributed by atoms with Gasteiger partial charge in [-0.05, 0) is 5.92 Å². The van der Waals surface area contributed by atoms with Gasteiger partial charge in [0.15, 0.2) is 0 Å². The Labute approximate surface area is 90.8 Å². The van der Waals surface area contributed by atoms with Gasteiger partial charge >= 0.3 is 0 Å². The van der Waals surface area contributed by atoms with Crippen molar-refractivity contribution in [3.8, 4) is 0 Å². The van der Waals surface area contributed by atoms with Crippen LogP contribution < -0.4 is 5.32 Å². The van der Waals surface area contributed by atoms with Crippen LogP contribution in [0.1, 0.15) is 26.7 Å². The van der Waals surface area contributed by atoms with Gasteiger partial charge in [0.1, 0.15) is 5.82 Å². The monoisotopic (exact) mass is 209 g/mol. The largest absolute Gasteiger partial charge is 0.391 e. The molecule has 0 saturated carbocycles. The molecule has 1 rings (SSSR count). The zero-order chi connectivity index (χ0) is 11.1. The standard InChI is InChI=1S/C11H19N3O/c1-3-9(4-2)10(15)7-14-11-8-12-5-6-13-11/h5-6,8-10,15H,3-4,7H2,1-2H3,(H,13,14)/t10-/m0/s1. The highest BCUT2D eigenvalue weighted by molar-refractivity contribution is 5.29. The van der Waals surface area contributed by atoms with Crippen molar-refractivity contribution in [1.29, 1.82) is 0 Å². The Morgan fingerprint density at radius 2 is 2.07 bits per heavy atom. The van der Waals surface area contributed by atoms with E-state index < -0.39 is 0 Å². The van der Waals surface area contributed by atoms with E-state index in [9.17, 15) is 5.11 Å². The summed E-state index contributed by atoms with van der Waals surface area (Å²) in [6, 6.07) is 0. The molecule has 2 N–H and O–H groups in total. The Bertz CT molecular complexity index is 262. The van der Waals surface area contributed by atoms with E-state index in [1.165, 1.54) is 0 Å². The van der Waals surface area contributed by atoms with E-state index >= 15 is 0 Å². The van der Waals surface area contributed by atoms with Crippen LogP contribution in [0, 0.1) is 5.92 Å². The van der Waals surface area contributed by atoms with Crippen molar-refractivity contribution >= 4 is 5.82 Å². The number of nitrogens with one attached hydrogen (secondary N) is 1. The van der Waals surface area contributed by atoms with Crippen molar-refractivity contribution in [2.45, 2.75) is 32.8 Å². The number of anilines is 1. The number of rotatable bonds is 6. The Morgan fingerprint density at radius 1 is 1.33 bits per heavy atom. The number of hydrogen-bond donors (Lipinski definition) is 2. The van der Waals surface area contributed by atoms with E-state index in [0.29, 0.717) is 18.3 Å². The molecule has 0 unspecified atom stereocenters. The highest BCUT2D eigenvalue weighted by Gasteiger charge is 2.14. The quantitative estimate of drug-likeness (QED) is 0.748. The number of hydrogen-bond acceptors (Lipinski definition) is 4. The summed E-state index contributed by atoms with van der Waals surface area (Å²) in [5, 5.41) is 12.9. The maximum Gasteiger partial charge on any atom is 0.144 e. The van der Waals surface area contributed by atoms with Crippen LogP contribution in [0.15, 0.2) is 18.6 Å². The molecule has 0 radical (unpaired) electrons. The van der Waals surface area contributed by atoms with Crippen LogP contribution in [0.5, 0.6) is 0 Å². The summed E-state index contributed by atoms with van der Waals surface area (Å²) in [5.74, 6) is 1.07. The zero-order valence-corrected chi connectivity index (χ0v) is 9.35. The first-order chi connectivity index (χ1) is 7.27. The van der Waals surface area contributed by atoms with Gasteiger partial charge in [0.25, 0.3) is 0 Å². The third-order valence-corrected chi connectivity index (χ3v) is 2.65. The van der Waals surface area contributed by atoms with Crippen LogP contribution in [0.25, 0.3) is 0 Å². The molecular formula is C11H19N3O. The minimum atomic E-state index is -0.318. The second kappa shape index (κ2) is 6.35. The van der Waals surface area contributed by atoms with Crippen molar-refractivity contribution in [2.24, 2.45) is 5.92 Å². The first-order valence-corrected chi connectivity index (χ1v) is 5.45. The minimum absolute atomic E-state index is 0.318. The molecule has 0 aliphatic rings. The SMILES string of the molecule is CCC(CC)[C@@H](O)CNc1cnccn1. The fourth-order valence-electron chi connectivity index (χ4n) is 1.60. The molecule has 1 heterocycles. The van der Waals surface area contributed by atoms with Crippen molar-refractivity contribution in [3.05, 3.63) is 18.6 Å². The molecule has 0 bridgehead atoms. The highest BCUT2D eigenvalue weighted by atomic mass is 16.3. The van der Waals surface area contributed by atoms with Gasteiger partial charge in [-0.3, -0.25) is 4.98 Å². The maximum absolute atomic E-state index is 9.86. The predicted octanol–water partition coefficient (Wildman–Crippen LogP) is 1.69. The maximum atomic E-state index is 9.86. The Morgan fingerprint density at radius 3 is 2.60 bits per heavy atom. The van der Waals surface area contributed by atoms with E-state index in [0.717, 1.165) is 12.8 Å². The fourth-order valence-corrected chi connectivity index (χ4v) is 1.60. The van der Waals surface area contributed by atoms with Crippen LogP contribution >= 0.6 is 0 Å². The average molecular weight is 209 g/mol. The Kier molecular flexibility index (Phi) is 5.04. The van der Waals surface area contributed by atoms with Gasteiger partial charge in [0.2, 0.25) is 0 Å². The minimum Gasteiger partial charge on any atom is -0.391 e. The van der Waals surface area contributed by atoms with E-state index in [-0.39, 0.29) is 6.10 Å². The van der Waals surface area contributed by atoms with Crippen LogP contribution in [-0.4, -0.2) is 27.7 Å². The fraction of sp³-hybridized carbons (Fsp3) is 0.636. The molecule has 0 spiro atoms. The van der Waals surface area contributed by atoms with E-state index in [4.69, 9.17) is 0 Å². The van der Waals surface area contributed by atoms with Gasteiger partial charge in [-0.15, -0.1) is 0 Å². The molecule has 84 valence electrons. The molecule has 4 heteroatoms. The summed E-state index contributed by atoms with van der Waals surface area (Å²) in [6.45, 7) is 4.73. The lowest BCUT2D eigenvalue weighted by atomic mass is 9.97. The molecule has 1 aromatic rings.